The maximum Gasteiger partial charge on any atom is 0.425 e. The van der Waals surface area contributed by atoms with Crippen molar-refractivity contribution in [2.75, 3.05) is 29.9 Å². The predicted molar refractivity (Wildman–Crippen MR) is 147 cm³/mol. The van der Waals surface area contributed by atoms with E-state index < -0.39 is 30.1 Å². The minimum absolute atomic E-state index is 0.140. The van der Waals surface area contributed by atoms with Gasteiger partial charge in [0.05, 0.1) is 17.9 Å². The first-order chi connectivity index (χ1) is 18.6. The van der Waals surface area contributed by atoms with Gasteiger partial charge in [-0.3, -0.25) is 9.52 Å². The fraction of sp³-hybridized carbons (Fsp3) is 0.607. The summed E-state index contributed by atoms with van der Waals surface area (Å²) in [7, 11) is 0. The van der Waals surface area contributed by atoms with Gasteiger partial charge in [0, 0.05) is 18.6 Å². The Morgan fingerprint density at radius 3 is 2.30 bits per heavy atom. The van der Waals surface area contributed by atoms with Crippen molar-refractivity contribution in [1.82, 2.24) is 14.7 Å². The summed E-state index contributed by atoms with van der Waals surface area (Å²) < 4.78 is 57.6. The van der Waals surface area contributed by atoms with Crippen LogP contribution in [-0.4, -0.2) is 53.1 Å². The van der Waals surface area contributed by atoms with E-state index in [0.29, 0.717) is 29.3 Å². The van der Waals surface area contributed by atoms with Crippen LogP contribution < -0.4 is 14.9 Å². The van der Waals surface area contributed by atoms with Gasteiger partial charge in [0.1, 0.15) is 16.7 Å². The maximum absolute atomic E-state index is 14.5. The second kappa shape index (κ2) is 10.1. The van der Waals surface area contributed by atoms with Gasteiger partial charge >= 0.3 is 6.18 Å². The van der Waals surface area contributed by atoms with E-state index in [1.165, 1.54) is 50.8 Å². The standard InChI is InChI=1S/C28H36F3N5O3S/c1-24(2,3)35-40-21-8-6-7-20(33-21)34-23(37)18-9-10-19(27(28(29,30)31)17-38-25(4,5)39-27)32-22(18)36-15-13-26(11-12-26)14-16-36/h6-10,35H,11-17H2,1-5H3,(H,33,34,37). The SMILES string of the molecule is CC(C)(C)NSc1cccc(NC(=O)c2ccc(C3(C(F)(F)F)COC(C)(C)O3)nc2N2CCC3(CC2)CC3)n1. The van der Waals surface area contributed by atoms with Crippen molar-refractivity contribution >= 4 is 29.5 Å². The van der Waals surface area contributed by atoms with Crippen LogP contribution in [0.25, 0.3) is 0 Å². The summed E-state index contributed by atoms with van der Waals surface area (Å²) in [4.78, 5) is 24.4. The Kier molecular flexibility index (Phi) is 7.38. The van der Waals surface area contributed by atoms with E-state index in [2.05, 4.69) is 20.0 Å². The first kappa shape index (κ1) is 29.1. The van der Waals surface area contributed by atoms with Gasteiger partial charge in [-0.2, -0.15) is 13.2 Å². The van der Waals surface area contributed by atoms with Crippen LogP contribution in [0, 0.1) is 5.41 Å². The molecule has 12 heteroatoms. The van der Waals surface area contributed by atoms with E-state index in [9.17, 15) is 18.0 Å². The largest absolute Gasteiger partial charge is 0.425 e. The highest BCUT2D eigenvalue weighted by Crippen LogP contribution is 2.54. The van der Waals surface area contributed by atoms with Crippen molar-refractivity contribution in [3.05, 3.63) is 41.6 Å². The van der Waals surface area contributed by atoms with Crippen LogP contribution in [0.1, 0.15) is 76.4 Å². The third-order valence-electron chi connectivity index (χ3n) is 7.54. The van der Waals surface area contributed by atoms with Crippen molar-refractivity contribution in [1.29, 1.82) is 0 Å². The first-order valence-electron chi connectivity index (χ1n) is 13.5. The summed E-state index contributed by atoms with van der Waals surface area (Å²) in [6.45, 7) is 9.48. The molecular formula is C28H36F3N5O3S. The fourth-order valence-corrected chi connectivity index (χ4v) is 5.76. The molecule has 1 unspecified atom stereocenters. The number of ether oxygens (including phenoxy) is 2. The minimum Gasteiger partial charge on any atom is -0.356 e. The van der Waals surface area contributed by atoms with Crippen LogP contribution >= 0.6 is 11.9 Å². The van der Waals surface area contributed by atoms with E-state index in [1.54, 1.807) is 12.1 Å². The van der Waals surface area contributed by atoms with Gasteiger partial charge in [0.15, 0.2) is 5.79 Å². The molecule has 2 saturated heterocycles. The van der Waals surface area contributed by atoms with Crippen molar-refractivity contribution in [3.8, 4) is 0 Å². The van der Waals surface area contributed by atoms with E-state index in [4.69, 9.17) is 9.47 Å². The van der Waals surface area contributed by atoms with Crippen LogP contribution in [0.2, 0.25) is 0 Å². The quantitative estimate of drug-likeness (QED) is 0.400. The Morgan fingerprint density at radius 2 is 1.73 bits per heavy atom. The molecule has 2 aromatic rings. The number of halogens is 3. The smallest absolute Gasteiger partial charge is 0.356 e. The zero-order valence-electron chi connectivity index (χ0n) is 23.4. The molecule has 3 fully saturated rings. The Bertz CT molecular complexity index is 1270. The van der Waals surface area contributed by atoms with Gasteiger partial charge in [-0.15, -0.1) is 0 Å². The second-order valence-corrected chi connectivity index (χ2v) is 13.3. The highest BCUT2D eigenvalue weighted by Gasteiger charge is 2.65. The number of alkyl halides is 3. The summed E-state index contributed by atoms with van der Waals surface area (Å²) in [5.74, 6) is -1.39. The minimum atomic E-state index is -4.78. The van der Waals surface area contributed by atoms with Crippen molar-refractivity contribution in [3.63, 3.8) is 0 Å². The van der Waals surface area contributed by atoms with Crippen molar-refractivity contribution in [2.24, 2.45) is 5.41 Å². The van der Waals surface area contributed by atoms with Gasteiger partial charge in [0.2, 0.25) is 5.60 Å². The molecule has 4 heterocycles. The average molecular weight is 580 g/mol. The van der Waals surface area contributed by atoms with Crippen molar-refractivity contribution in [2.45, 2.75) is 88.4 Å². The third kappa shape index (κ3) is 6.09. The van der Waals surface area contributed by atoms with E-state index in [-0.39, 0.29) is 22.6 Å². The van der Waals surface area contributed by atoms with Gasteiger partial charge in [-0.05, 0) is 102 Å². The number of piperidine rings is 1. The fourth-order valence-electron chi connectivity index (χ4n) is 5.06. The Hall–Kier alpha value is -2.41. The summed E-state index contributed by atoms with van der Waals surface area (Å²) in [6.07, 6.45) is -0.610. The lowest BCUT2D eigenvalue weighted by Crippen LogP contribution is -2.47. The molecule has 1 spiro atoms. The lowest BCUT2D eigenvalue weighted by atomic mass is 9.93. The Balaban J connectivity index is 1.46. The summed E-state index contributed by atoms with van der Waals surface area (Å²) in [5.41, 5.74) is -2.69. The molecule has 2 aliphatic heterocycles. The summed E-state index contributed by atoms with van der Waals surface area (Å²) in [5, 5.41) is 3.48. The summed E-state index contributed by atoms with van der Waals surface area (Å²) in [6, 6.07) is 7.89. The van der Waals surface area contributed by atoms with E-state index in [0.717, 1.165) is 12.8 Å². The molecule has 40 heavy (non-hydrogen) atoms. The molecule has 0 aromatic carbocycles. The zero-order chi connectivity index (χ0) is 29.0. The zero-order valence-corrected chi connectivity index (χ0v) is 24.3. The van der Waals surface area contributed by atoms with Gasteiger partial charge in [0.25, 0.3) is 5.91 Å². The van der Waals surface area contributed by atoms with Gasteiger partial charge < -0.3 is 19.7 Å². The number of hydrogen-bond donors (Lipinski definition) is 2. The van der Waals surface area contributed by atoms with Crippen LogP contribution in [0.5, 0.6) is 0 Å². The van der Waals surface area contributed by atoms with Crippen LogP contribution in [0.3, 0.4) is 0 Å². The number of pyridine rings is 2. The highest BCUT2D eigenvalue weighted by molar-refractivity contribution is 7.97. The molecule has 1 saturated carbocycles. The molecule has 1 aliphatic carbocycles. The second-order valence-electron chi connectivity index (χ2n) is 12.4. The van der Waals surface area contributed by atoms with E-state index >= 15 is 0 Å². The Morgan fingerprint density at radius 1 is 1.02 bits per heavy atom. The first-order valence-corrected chi connectivity index (χ1v) is 14.3. The van der Waals surface area contributed by atoms with E-state index in [1.807, 2.05) is 31.7 Å². The number of hydrogen-bond acceptors (Lipinski definition) is 8. The van der Waals surface area contributed by atoms with Crippen LogP contribution in [-0.2, 0) is 15.1 Å². The number of carbonyl (C=O) groups excluding carboxylic acids is 1. The molecule has 1 atom stereocenters. The normalized spacial score (nSPS) is 23.9. The molecule has 0 bridgehead atoms. The van der Waals surface area contributed by atoms with Gasteiger partial charge in [-0.25, -0.2) is 9.97 Å². The molecule has 0 radical (unpaired) electrons. The third-order valence-corrected chi connectivity index (χ3v) is 8.69. The number of anilines is 2. The number of aromatic nitrogens is 2. The molecular weight excluding hydrogens is 543 g/mol. The molecule has 5 rings (SSSR count). The number of nitrogens with one attached hydrogen (secondary N) is 2. The van der Waals surface area contributed by atoms with Crippen LogP contribution in [0.4, 0.5) is 24.8 Å². The number of carbonyl (C=O) groups is 1. The highest BCUT2D eigenvalue weighted by atomic mass is 32.2. The molecule has 8 nitrogen and oxygen atoms in total. The number of amides is 1. The lowest BCUT2D eigenvalue weighted by Gasteiger charge is -2.35. The Labute approximate surface area is 236 Å². The van der Waals surface area contributed by atoms with Gasteiger partial charge in [-0.1, -0.05) is 6.07 Å². The average Bonchev–Trinajstić information content (AvgIpc) is 3.53. The molecule has 1 amide bonds. The number of nitrogens with zero attached hydrogens (tertiary/aromatic N) is 3. The van der Waals surface area contributed by atoms with Crippen LogP contribution in [0.15, 0.2) is 35.4 Å². The van der Waals surface area contributed by atoms with Crippen molar-refractivity contribution < 1.29 is 27.4 Å². The number of rotatable bonds is 6. The monoisotopic (exact) mass is 579 g/mol. The molecule has 2 aromatic heterocycles. The molecule has 218 valence electrons. The predicted octanol–water partition coefficient (Wildman–Crippen LogP) is 6.05. The summed E-state index contributed by atoms with van der Waals surface area (Å²) >= 11 is 1.35. The molecule has 3 aliphatic rings. The topological polar surface area (TPSA) is 88.6 Å². The maximum atomic E-state index is 14.5. The lowest BCUT2D eigenvalue weighted by molar-refractivity contribution is -0.291. The molecule has 2 N–H and O–H groups in total.